The molecule has 1 aliphatic rings. The summed E-state index contributed by atoms with van der Waals surface area (Å²) in [5.74, 6) is -0.612. The average Bonchev–Trinajstić information content (AvgIpc) is 3.48. The molecule has 1 aliphatic carbocycles. The van der Waals surface area contributed by atoms with Crippen molar-refractivity contribution in [3.05, 3.63) is 76.2 Å². The van der Waals surface area contributed by atoms with Crippen LogP contribution >= 0.6 is 0 Å². The number of rotatable bonds is 4. The number of phenolic OH excluding ortho intramolecular Hbond substituents is 1. The molecule has 6 rings (SSSR count). The first-order valence-corrected chi connectivity index (χ1v) is 12.0. The van der Waals surface area contributed by atoms with E-state index in [-0.39, 0.29) is 29.7 Å². The van der Waals surface area contributed by atoms with Crippen molar-refractivity contribution < 1.29 is 9.50 Å². The highest BCUT2D eigenvalue weighted by molar-refractivity contribution is 5.98. The van der Waals surface area contributed by atoms with Crippen molar-refractivity contribution in [2.45, 2.75) is 45.2 Å². The first-order valence-electron chi connectivity index (χ1n) is 12.0. The van der Waals surface area contributed by atoms with E-state index in [9.17, 15) is 14.3 Å². The summed E-state index contributed by atoms with van der Waals surface area (Å²) in [7, 11) is 0. The summed E-state index contributed by atoms with van der Waals surface area (Å²) in [6.45, 7) is 2.23. The molecule has 3 N–H and O–H groups in total. The van der Waals surface area contributed by atoms with E-state index in [0.717, 1.165) is 53.8 Å². The molecule has 5 aromatic rings. The molecule has 3 aromatic heterocycles. The van der Waals surface area contributed by atoms with Crippen LogP contribution in [0.15, 0.2) is 53.6 Å². The number of nitrogens with two attached hydrogens (primary N) is 1. The normalized spacial score (nSPS) is 14.3. The number of nitrogens with zero attached hydrogens (tertiary/aromatic N) is 5. The van der Waals surface area contributed by atoms with Crippen LogP contribution in [-0.4, -0.2) is 29.4 Å². The predicted octanol–water partition coefficient (Wildman–Crippen LogP) is 4.71. The molecule has 0 spiro atoms. The second-order valence-electron chi connectivity index (χ2n) is 9.45. The van der Waals surface area contributed by atoms with Gasteiger partial charge in [0.15, 0.2) is 5.65 Å². The Morgan fingerprint density at radius 1 is 1.11 bits per heavy atom. The summed E-state index contributed by atoms with van der Waals surface area (Å²) < 4.78 is 17.7. The van der Waals surface area contributed by atoms with Gasteiger partial charge in [0, 0.05) is 23.4 Å². The number of aromatic nitrogens is 5. The van der Waals surface area contributed by atoms with Gasteiger partial charge in [-0.2, -0.15) is 5.10 Å². The number of halogens is 1. The molecule has 182 valence electrons. The van der Waals surface area contributed by atoms with E-state index in [1.54, 1.807) is 4.68 Å². The average molecular weight is 485 g/mol. The fraction of sp³-hybridized carbons (Fsp3) is 0.259. The van der Waals surface area contributed by atoms with Crippen LogP contribution in [0.4, 0.5) is 10.2 Å². The third-order valence-corrected chi connectivity index (χ3v) is 7.09. The summed E-state index contributed by atoms with van der Waals surface area (Å²) in [4.78, 5) is 22.3. The molecular weight excluding hydrogens is 459 g/mol. The highest BCUT2D eigenvalue weighted by Crippen LogP contribution is 2.34. The third kappa shape index (κ3) is 3.59. The molecule has 0 aliphatic heterocycles. The number of pyridine rings is 1. The number of benzene rings is 2. The number of phenols is 1. The van der Waals surface area contributed by atoms with Crippen LogP contribution in [-0.2, 0) is 6.54 Å². The van der Waals surface area contributed by atoms with Gasteiger partial charge >= 0.3 is 0 Å². The maximum Gasteiger partial charge on any atom is 0.259 e. The Morgan fingerprint density at radius 3 is 2.69 bits per heavy atom. The summed E-state index contributed by atoms with van der Waals surface area (Å²) >= 11 is 0. The predicted molar refractivity (Wildman–Crippen MR) is 136 cm³/mol. The van der Waals surface area contributed by atoms with E-state index in [0.29, 0.717) is 22.3 Å². The lowest BCUT2D eigenvalue weighted by molar-refractivity contribution is 0.469. The van der Waals surface area contributed by atoms with E-state index >= 15 is 0 Å². The van der Waals surface area contributed by atoms with Gasteiger partial charge in [0.25, 0.3) is 5.56 Å². The Bertz CT molecular complexity index is 1680. The maximum absolute atomic E-state index is 14.1. The molecule has 0 amide bonds. The molecule has 36 heavy (non-hydrogen) atoms. The summed E-state index contributed by atoms with van der Waals surface area (Å²) in [5, 5.41) is 16.8. The standard InChI is InChI=1S/C27H25FN6O2/c1-15-5-4-6-16-10-20(34(27(36)22(15)16)19-7-2-3-8-19)13-33-26-23(25(29)30-14-31-26)24(32-33)17-9-18(28)12-21(35)11-17/h4-6,9-12,14,19,35H,2-3,7-8,13H2,1H3,(H2,29,30,31). The Balaban J connectivity index is 1.58. The molecule has 1 saturated carbocycles. The molecule has 0 bridgehead atoms. The molecule has 8 nitrogen and oxygen atoms in total. The van der Waals surface area contributed by atoms with Crippen molar-refractivity contribution in [2.75, 3.05) is 5.73 Å². The van der Waals surface area contributed by atoms with Crippen molar-refractivity contribution in [1.29, 1.82) is 0 Å². The summed E-state index contributed by atoms with van der Waals surface area (Å²) in [6, 6.07) is 11.8. The quantitative estimate of drug-likeness (QED) is 0.382. The van der Waals surface area contributed by atoms with E-state index in [1.807, 2.05) is 35.8 Å². The molecule has 0 atom stereocenters. The van der Waals surface area contributed by atoms with Crippen molar-refractivity contribution in [1.82, 2.24) is 24.3 Å². The highest BCUT2D eigenvalue weighted by atomic mass is 19.1. The smallest absolute Gasteiger partial charge is 0.259 e. The van der Waals surface area contributed by atoms with Gasteiger partial charge in [0.1, 0.15) is 29.4 Å². The van der Waals surface area contributed by atoms with Crippen LogP contribution < -0.4 is 11.3 Å². The topological polar surface area (TPSA) is 112 Å². The lowest BCUT2D eigenvalue weighted by Crippen LogP contribution is -2.28. The molecule has 0 unspecified atom stereocenters. The first kappa shape index (κ1) is 22.2. The number of hydrogen-bond acceptors (Lipinski definition) is 6. The van der Waals surface area contributed by atoms with E-state index in [4.69, 9.17) is 10.8 Å². The van der Waals surface area contributed by atoms with E-state index in [1.165, 1.54) is 18.5 Å². The Kier molecular flexibility index (Phi) is 5.21. The van der Waals surface area contributed by atoms with Crippen molar-refractivity contribution in [3.8, 4) is 17.0 Å². The van der Waals surface area contributed by atoms with E-state index in [2.05, 4.69) is 9.97 Å². The molecule has 2 aromatic carbocycles. The van der Waals surface area contributed by atoms with Gasteiger partial charge in [0.05, 0.1) is 17.3 Å². The third-order valence-electron chi connectivity index (χ3n) is 7.09. The number of aromatic hydroxyl groups is 1. The minimum absolute atomic E-state index is 0.00776. The van der Waals surface area contributed by atoms with Gasteiger partial charge in [0.2, 0.25) is 0 Å². The Morgan fingerprint density at radius 2 is 1.92 bits per heavy atom. The zero-order valence-corrected chi connectivity index (χ0v) is 19.8. The van der Waals surface area contributed by atoms with Crippen LogP contribution in [0.3, 0.4) is 0 Å². The van der Waals surface area contributed by atoms with Gasteiger partial charge in [-0.3, -0.25) is 4.79 Å². The first-order chi connectivity index (χ1) is 17.4. The summed E-state index contributed by atoms with van der Waals surface area (Å²) in [6.07, 6.45) is 5.44. The van der Waals surface area contributed by atoms with Crippen LogP contribution in [0.2, 0.25) is 0 Å². The monoisotopic (exact) mass is 484 g/mol. The molecular formula is C27H25FN6O2. The van der Waals surface area contributed by atoms with Crippen molar-refractivity contribution >= 4 is 27.6 Å². The zero-order valence-electron chi connectivity index (χ0n) is 19.8. The SMILES string of the molecule is Cc1cccc2cc(Cn3nc(-c4cc(O)cc(F)c4)c4c(N)ncnc43)n(C3CCCC3)c(=O)c12. The van der Waals surface area contributed by atoms with Gasteiger partial charge in [-0.15, -0.1) is 0 Å². The highest BCUT2D eigenvalue weighted by Gasteiger charge is 2.24. The van der Waals surface area contributed by atoms with Crippen molar-refractivity contribution in [2.24, 2.45) is 0 Å². The minimum atomic E-state index is -0.594. The van der Waals surface area contributed by atoms with Crippen LogP contribution in [0.25, 0.3) is 33.1 Å². The second kappa shape index (κ2) is 8.44. The number of anilines is 1. The van der Waals surface area contributed by atoms with Gasteiger partial charge < -0.3 is 15.4 Å². The minimum Gasteiger partial charge on any atom is -0.508 e. The number of fused-ring (bicyclic) bond motifs is 2. The largest absolute Gasteiger partial charge is 0.508 e. The second-order valence-corrected chi connectivity index (χ2v) is 9.45. The molecule has 9 heteroatoms. The molecule has 0 saturated heterocycles. The number of hydrogen-bond donors (Lipinski definition) is 2. The van der Waals surface area contributed by atoms with Crippen LogP contribution in [0.5, 0.6) is 5.75 Å². The fourth-order valence-corrected chi connectivity index (χ4v) is 5.49. The van der Waals surface area contributed by atoms with Gasteiger partial charge in [-0.1, -0.05) is 31.0 Å². The van der Waals surface area contributed by atoms with Gasteiger partial charge in [-0.05, 0) is 48.9 Å². The van der Waals surface area contributed by atoms with E-state index < -0.39 is 5.82 Å². The van der Waals surface area contributed by atoms with Crippen LogP contribution in [0, 0.1) is 12.7 Å². The lowest BCUT2D eigenvalue weighted by atomic mass is 10.0. The molecule has 0 radical (unpaired) electrons. The molecule has 3 heterocycles. The lowest BCUT2D eigenvalue weighted by Gasteiger charge is -2.21. The summed E-state index contributed by atoms with van der Waals surface area (Å²) in [5.41, 5.74) is 9.18. The number of aryl methyl sites for hydroxylation is 1. The van der Waals surface area contributed by atoms with Crippen molar-refractivity contribution in [3.63, 3.8) is 0 Å². The number of nitrogen functional groups attached to an aromatic ring is 1. The molecule has 1 fully saturated rings. The Hall–Kier alpha value is -4.27. The zero-order chi connectivity index (χ0) is 25.0. The maximum atomic E-state index is 14.1. The van der Waals surface area contributed by atoms with Crippen LogP contribution in [0.1, 0.15) is 43.0 Å². The Labute approximate surface area is 205 Å². The fourth-order valence-electron chi connectivity index (χ4n) is 5.49. The van der Waals surface area contributed by atoms with Gasteiger partial charge in [-0.25, -0.2) is 19.0 Å².